The number of fused-ring (bicyclic) bond motifs is 1. The zero-order valence-electron chi connectivity index (χ0n) is 17.3. The lowest BCUT2D eigenvalue weighted by molar-refractivity contribution is -0.114. The van der Waals surface area contributed by atoms with E-state index >= 15 is 0 Å². The van der Waals surface area contributed by atoms with Crippen molar-refractivity contribution >= 4 is 34.4 Å². The van der Waals surface area contributed by atoms with E-state index in [1.54, 1.807) is 23.1 Å². The molecule has 8 nitrogen and oxygen atoms in total. The van der Waals surface area contributed by atoms with Crippen LogP contribution in [0.1, 0.15) is 10.4 Å². The number of carbonyl (C=O) groups is 2. The Hall–Kier alpha value is -4.46. The van der Waals surface area contributed by atoms with Crippen molar-refractivity contribution in [2.75, 3.05) is 17.2 Å². The van der Waals surface area contributed by atoms with E-state index in [9.17, 15) is 9.59 Å². The quantitative estimate of drug-likeness (QED) is 0.440. The first-order valence-electron chi connectivity index (χ1n) is 9.98. The van der Waals surface area contributed by atoms with Gasteiger partial charge in [0.1, 0.15) is 17.8 Å². The van der Waals surface area contributed by atoms with Crippen molar-refractivity contribution in [1.82, 2.24) is 14.5 Å². The first kappa shape index (κ1) is 20.8. The third kappa shape index (κ3) is 3.93. The van der Waals surface area contributed by atoms with Gasteiger partial charge in [0.2, 0.25) is 11.8 Å². The van der Waals surface area contributed by atoms with Crippen LogP contribution in [0.25, 0.3) is 22.2 Å². The molecular formula is C24H22N6O2. The lowest BCUT2D eigenvalue weighted by Gasteiger charge is -2.21. The fraction of sp³-hybridized carbons (Fsp3) is 0.0833. The van der Waals surface area contributed by atoms with Crippen LogP contribution < -0.4 is 16.4 Å². The van der Waals surface area contributed by atoms with Crippen molar-refractivity contribution in [2.45, 2.75) is 6.54 Å². The highest BCUT2D eigenvalue weighted by molar-refractivity contribution is 6.03. The second-order valence-electron chi connectivity index (χ2n) is 7.17. The molecule has 0 spiro atoms. The predicted octanol–water partition coefficient (Wildman–Crippen LogP) is 3.00. The van der Waals surface area contributed by atoms with Crippen molar-refractivity contribution in [2.24, 2.45) is 5.73 Å². The number of aromatic nitrogens is 3. The minimum absolute atomic E-state index is 0.198. The smallest absolute Gasteiger partial charge is 0.250 e. The Kier molecular flexibility index (Phi) is 5.67. The summed E-state index contributed by atoms with van der Waals surface area (Å²) in [5.74, 6) is -0.382. The van der Waals surface area contributed by atoms with Crippen LogP contribution in [0.5, 0.6) is 0 Å². The number of nitrogens with two attached hydrogens (primary N) is 2. The van der Waals surface area contributed by atoms with E-state index < -0.39 is 5.91 Å². The van der Waals surface area contributed by atoms with Gasteiger partial charge in [0.05, 0.1) is 5.39 Å². The zero-order valence-corrected chi connectivity index (χ0v) is 17.3. The molecule has 2 amide bonds. The fourth-order valence-electron chi connectivity index (χ4n) is 3.67. The van der Waals surface area contributed by atoms with Crippen LogP contribution in [-0.2, 0) is 11.3 Å². The number of nitrogens with zero attached hydrogens (tertiary/aromatic N) is 4. The van der Waals surface area contributed by atoms with Gasteiger partial charge in [0, 0.05) is 36.1 Å². The molecule has 0 unspecified atom stereocenters. The number of primary amides is 1. The molecule has 0 aliphatic carbocycles. The van der Waals surface area contributed by atoms with E-state index in [1.165, 1.54) is 12.4 Å². The van der Waals surface area contributed by atoms with Crippen molar-refractivity contribution in [3.8, 4) is 11.1 Å². The molecule has 0 bridgehead atoms. The first-order chi connectivity index (χ1) is 15.5. The Balaban J connectivity index is 1.75. The number of amides is 2. The fourth-order valence-corrected chi connectivity index (χ4v) is 3.67. The molecule has 160 valence electrons. The Morgan fingerprint density at radius 3 is 2.59 bits per heavy atom. The standard InChI is InChI=1S/C24H22N6O2/c1-2-20(31)30(18-9-4-3-5-10-18)12-11-29-14-19(21-22(25)27-15-28-24(21)29)16-7-6-8-17(13-16)23(26)32/h2-10,13-15H,1,11-12H2,(H2,26,32)(H2,25,27,28). The molecule has 2 aromatic heterocycles. The topological polar surface area (TPSA) is 120 Å². The minimum atomic E-state index is -0.513. The molecule has 0 aliphatic heterocycles. The summed E-state index contributed by atoms with van der Waals surface area (Å²) < 4.78 is 1.92. The third-order valence-corrected chi connectivity index (χ3v) is 5.21. The van der Waals surface area contributed by atoms with Gasteiger partial charge in [0.15, 0.2) is 0 Å². The van der Waals surface area contributed by atoms with Gasteiger partial charge in [-0.15, -0.1) is 0 Å². The van der Waals surface area contributed by atoms with Crippen molar-refractivity contribution in [1.29, 1.82) is 0 Å². The Labute approximate surface area is 184 Å². The van der Waals surface area contributed by atoms with Crippen LogP contribution in [0.3, 0.4) is 0 Å². The second-order valence-corrected chi connectivity index (χ2v) is 7.17. The number of anilines is 2. The summed E-state index contributed by atoms with van der Waals surface area (Å²) in [7, 11) is 0. The summed E-state index contributed by atoms with van der Waals surface area (Å²) in [6.45, 7) is 4.46. The highest BCUT2D eigenvalue weighted by Gasteiger charge is 2.18. The third-order valence-electron chi connectivity index (χ3n) is 5.21. The number of carbonyl (C=O) groups excluding carboxylic acids is 2. The lowest BCUT2D eigenvalue weighted by atomic mass is 10.0. The van der Waals surface area contributed by atoms with Gasteiger partial charge in [0.25, 0.3) is 0 Å². The van der Waals surface area contributed by atoms with Gasteiger partial charge in [-0.3, -0.25) is 9.59 Å². The Morgan fingerprint density at radius 2 is 1.88 bits per heavy atom. The highest BCUT2D eigenvalue weighted by Crippen LogP contribution is 2.33. The van der Waals surface area contributed by atoms with Crippen LogP contribution >= 0.6 is 0 Å². The Morgan fingerprint density at radius 1 is 1.09 bits per heavy atom. The molecule has 4 rings (SSSR count). The first-order valence-corrected chi connectivity index (χ1v) is 9.98. The highest BCUT2D eigenvalue weighted by atomic mass is 16.2. The van der Waals surface area contributed by atoms with Crippen LogP contribution in [-0.4, -0.2) is 32.9 Å². The van der Waals surface area contributed by atoms with E-state index in [1.807, 2.05) is 47.2 Å². The molecule has 4 aromatic rings. The molecule has 0 radical (unpaired) electrons. The molecule has 4 N–H and O–H groups in total. The second kappa shape index (κ2) is 8.73. The molecule has 2 aromatic carbocycles. The monoisotopic (exact) mass is 426 g/mol. The van der Waals surface area contributed by atoms with Crippen molar-refractivity contribution in [3.63, 3.8) is 0 Å². The zero-order chi connectivity index (χ0) is 22.7. The van der Waals surface area contributed by atoms with Gasteiger partial charge in [-0.05, 0) is 35.9 Å². The maximum Gasteiger partial charge on any atom is 0.250 e. The van der Waals surface area contributed by atoms with Crippen LogP contribution in [0.15, 0.2) is 79.8 Å². The summed E-state index contributed by atoms with van der Waals surface area (Å²) in [6.07, 6.45) is 4.60. The average Bonchev–Trinajstić information content (AvgIpc) is 3.20. The largest absolute Gasteiger partial charge is 0.383 e. The molecule has 0 fully saturated rings. The number of hydrogen-bond acceptors (Lipinski definition) is 5. The van der Waals surface area contributed by atoms with Gasteiger partial charge in [-0.25, -0.2) is 9.97 Å². The van der Waals surface area contributed by atoms with Gasteiger partial charge in [-0.2, -0.15) is 0 Å². The normalized spacial score (nSPS) is 10.8. The van der Waals surface area contributed by atoms with Gasteiger partial charge in [-0.1, -0.05) is 36.9 Å². The summed E-state index contributed by atoms with van der Waals surface area (Å²) in [5, 5.41) is 0.676. The summed E-state index contributed by atoms with van der Waals surface area (Å²) in [4.78, 5) is 34.3. The van der Waals surface area contributed by atoms with Crippen LogP contribution in [0, 0.1) is 0 Å². The molecule has 0 aliphatic rings. The number of rotatable bonds is 7. The SMILES string of the molecule is C=CC(=O)N(CCn1cc(-c2cccc(C(N)=O)c2)c2c(N)ncnc21)c1ccccc1. The van der Waals surface area contributed by atoms with Crippen LogP contribution in [0.2, 0.25) is 0 Å². The summed E-state index contributed by atoms with van der Waals surface area (Å²) >= 11 is 0. The van der Waals surface area contributed by atoms with Crippen molar-refractivity contribution in [3.05, 3.63) is 85.3 Å². The molecule has 0 saturated carbocycles. The lowest BCUT2D eigenvalue weighted by Crippen LogP contribution is -2.32. The predicted molar refractivity (Wildman–Crippen MR) is 125 cm³/mol. The van der Waals surface area contributed by atoms with Gasteiger partial charge < -0.3 is 20.9 Å². The van der Waals surface area contributed by atoms with E-state index in [4.69, 9.17) is 11.5 Å². The molecule has 8 heteroatoms. The number of hydrogen-bond donors (Lipinski definition) is 2. The summed E-state index contributed by atoms with van der Waals surface area (Å²) in [5.41, 5.74) is 15.0. The molecular weight excluding hydrogens is 404 g/mol. The molecule has 0 atom stereocenters. The van der Waals surface area contributed by atoms with Crippen LogP contribution in [0.4, 0.5) is 11.5 Å². The average molecular weight is 426 g/mol. The summed E-state index contributed by atoms with van der Waals surface area (Å²) in [6, 6.07) is 16.4. The minimum Gasteiger partial charge on any atom is -0.383 e. The molecule has 2 heterocycles. The van der Waals surface area contributed by atoms with E-state index in [0.717, 1.165) is 16.8 Å². The Bertz CT molecular complexity index is 1310. The van der Waals surface area contributed by atoms with E-state index in [-0.39, 0.29) is 5.91 Å². The maximum atomic E-state index is 12.5. The maximum absolute atomic E-state index is 12.5. The van der Waals surface area contributed by atoms with Crippen molar-refractivity contribution < 1.29 is 9.59 Å². The number of para-hydroxylation sites is 1. The van der Waals surface area contributed by atoms with E-state index in [0.29, 0.717) is 35.5 Å². The van der Waals surface area contributed by atoms with Gasteiger partial charge >= 0.3 is 0 Å². The number of benzene rings is 2. The number of nitrogen functional groups attached to an aromatic ring is 1. The van der Waals surface area contributed by atoms with E-state index in [2.05, 4.69) is 16.5 Å². The molecule has 0 saturated heterocycles. The molecule has 32 heavy (non-hydrogen) atoms.